The van der Waals surface area contributed by atoms with E-state index in [4.69, 9.17) is 4.74 Å². The predicted octanol–water partition coefficient (Wildman–Crippen LogP) is 4.31. The Morgan fingerprint density at radius 1 is 1.14 bits per heavy atom. The fraction of sp³-hybridized carbons (Fsp3) is 0.233. The van der Waals surface area contributed by atoms with Crippen LogP contribution in [-0.2, 0) is 20.9 Å². The third kappa shape index (κ3) is 9.24. The van der Waals surface area contributed by atoms with Gasteiger partial charge >= 0.3 is 6.09 Å². The van der Waals surface area contributed by atoms with E-state index in [-0.39, 0.29) is 53.1 Å². The number of primary amides is 1. The number of hydrogen-bond acceptors (Lipinski definition) is 7. The number of rotatable bonds is 10. The van der Waals surface area contributed by atoms with Crippen LogP contribution >= 0.6 is 0 Å². The van der Waals surface area contributed by atoms with Crippen molar-refractivity contribution in [3.63, 3.8) is 0 Å². The van der Waals surface area contributed by atoms with Gasteiger partial charge in [-0.3, -0.25) is 14.4 Å². The molecule has 0 aliphatic rings. The molecule has 2 aromatic carbocycles. The normalized spacial score (nSPS) is 10.7. The minimum absolute atomic E-state index is 0.0457. The van der Waals surface area contributed by atoms with E-state index in [0.29, 0.717) is 18.6 Å². The molecule has 0 saturated carbocycles. The molecule has 4 rings (SSSR count). The van der Waals surface area contributed by atoms with Crippen molar-refractivity contribution in [2.24, 2.45) is 5.73 Å². The van der Waals surface area contributed by atoms with E-state index in [1.807, 2.05) is 0 Å². The average molecular weight is 611 g/mol. The highest BCUT2D eigenvalue weighted by Crippen LogP contribution is 2.33. The standard InChI is InChI=1S/C28H27F2N5O4.C2H5NO2/c1-34(2)24(37)14-8-4-7-13-23(36)32-20-12-9-15-35(28(20)38)17-22-31-21-16-19(29)25(30)27(26(21)33-22)39-18-10-5-3-6-11-18;1-5-2(3)4/h3,5-6,8-12,14-16H,4,7,13,17H2,1-2H3,(H,31,33)(H,32,36);1H3,(H2,3,4)/b14-8+;. The second-order valence-corrected chi connectivity index (χ2v) is 9.45. The molecule has 3 amide bonds. The summed E-state index contributed by atoms with van der Waals surface area (Å²) in [6, 6.07) is 12.4. The summed E-state index contributed by atoms with van der Waals surface area (Å²) in [5.41, 5.74) is 4.32. The number of aromatic amines is 1. The molecular weight excluding hydrogens is 578 g/mol. The molecule has 0 spiro atoms. The summed E-state index contributed by atoms with van der Waals surface area (Å²) in [7, 11) is 4.53. The molecule has 0 saturated heterocycles. The average Bonchev–Trinajstić information content (AvgIpc) is 3.39. The molecule has 4 aromatic rings. The Kier molecular flexibility index (Phi) is 11.7. The fourth-order valence-corrected chi connectivity index (χ4v) is 3.74. The molecule has 0 aliphatic carbocycles. The van der Waals surface area contributed by atoms with Gasteiger partial charge < -0.3 is 35.0 Å². The zero-order valence-corrected chi connectivity index (χ0v) is 24.3. The van der Waals surface area contributed by atoms with Crippen LogP contribution in [0.4, 0.5) is 19.3 Å². The van der Waals surface area contributed by atoms with Crippen molar-refractivity contribution >= 4 is 34.6 Å². The summed E-state index contributed by atoms with van der Waals surface area (Å²) in [6.45, 7) is -0.0457. The molecule has 0 bridgehead atoms. The molecule has 0 radical (unpaired) electrons. The highest BCUT2D eigenvalue weighted by molar-refractivity contribution is 5.90. The number of fused-ring (bicyclic) bond motifs is 1. The van der Waals surface area contributed by atoms with E-state index in [1.165, 1.54) is 34.9 Å². The lowest BCUT2D eigenvalue weighted by atomic mass is 10.2. The molecule has 2 aromatic heterocycles. The van der Waals surface area contributed by atoms with Gasteiger partial charge in [0.1, 0.15) is 22.8 Å². The number of para-hydroxylation sites is 1. The van der Waals surface area contributed by atoms with Gasteiger partial charge in [-0.25, -0.2) is 14.2 Å². The molecule has 12 nitrogen and oxygen atoms in total. The van der Waals surface area contributed by atoms with Crippen molar-refractivity contribution in [3.8, 4) is 11.5 Å². The number of amides is 3. The van der Waals surface area contributed by atoms with Gasteiger partial charge in [0.25, 0.3) is 5.56 Å². The van der Waals surface area contributed by atoms with Crippen molar-refractivity contribution in [1.82, 2.24) is 19.4 Å². The lowest BCUT2D eigenvalue weighted by Gasteiger charge is -2.08. The minimum atomic E-state index is -1.17. The maximum Gasteiger partial charge on any atom is 0.404 e. The SMILES string of the molecule is CN(C)C(=O)/C=C/CCCC(=O)Nc1cccn(Cc2nc3c(Oc4ccccc4)c(F)c(F)cc3[nH]2)c1=O.COC(N)=O. The number of carbonyl (C=O) groups is 3. The monoisotopic (exact) mass is 610 g/mol. The van der Waals surface area contributed by atoms with Gasteiger partial charge in [0.2, 0.25) is 17.6 Å². The molecule has 232 valence electrons. The number of halogens is 2. The van der Waals surface area contributed by atoms with Crippen LogP contribution in [0, 0.1) is 11.6 Å². The summed E-state index contributed by atoms with van der Waals surface area (Å²) in [6.07, 6.45) is 5.13. The van der Waals surface area contributed by atoms with Gasteiger partial charge in [-0.2, -0.15) is 4.39 Å². The Balaban J connectivity index is 0.000000978. The first-order chi connectivity index (χ1) is 21.0. The number of hydrogen-bond donors (Lipinski definition) is 3. The molecule has 0 fully saturated rings. The Morgan fingerprint density at radius 3 is 2.50 bits per heavy atom. The van der Waals surface area contributed by atoms with Crippen molar-refractivity contribution < 1.29 is 32.6 Å². The van der Waals surface area contributed by atoms with Crippen molar-refractivity contribution in [2.75, 3.05) is 26.5 Å². The van der Waals surface area contributed by atoms with Gasteiger partial charge in [0.05, 0.1) is 19.2 Å². The smallest absolute Gasteiger partial charge is 0.404 e. The summed E-state index contributed by atoms with van der Waals surface area (Å²) in [4.78, 5) is 54.9. The summed E-state index contributed by atoms with van der Waals surface area (Å²) in [5.74, 6) is -2.55. The van der Waals surface area contributed by atoms with Gasteiger partial charge in [-0.05, 0) is 43.2 Å². The molecular formula is C30H32F2N6O6. The van der Waals surface area contributed by atoms with Crippen LogP contribution in [-0.4, -0.2) is 58.5 Å². The van der Waals surface area contributed by atoms with E-state index in [2.05, 4.69) is 25.8 Å². The number of pyridine rings is 1. The number of unbranched alkanes of at least 4 members (excludes halogenated alkanes) is 1. The number of nitrogens with two attached hydrogens (primary N) is 1. The van der Waals surface area contributed by atoms with Gasteiger partial charge in [-0.1, -0.05) is 24.3 Å². The minimum Gasteiger partial charge on any atom is -0.453 e. The second kappa shape index (κ2) is 15.6. The molecule has 44 heavy (non-hydrogen) atoms. The number of anilines is 1. The van der Waals surface area contributed by atoms with Crippen molar-refractivity contribution in [3.05, 3.63) is 94.7 Å². The van der Waals surface area contributed by atoms with E-state index >= 15 is 0 Å². The van der Waals surface area contributed by atoms with Crippen molar-refractivity contribution in [2.45, 2.75) is 25.8 Å². The summed E-state index contributed by atoms with van der Waals surface area (Å²) < 4.78 is 39.7. The number of allylic oxidation sites excluding steroid dienone is 1. The van der Waals surface area contributed by atoms with Crippen LogP contribution in [0.3, 0.4) is 0 Å². The first kappa shape index (κ1) is 33.0. The van der Waals surface area contributed by atoms with E-state index < -0.39 is 23.3 Å². The molecule has 0 unspecified atom stereocenters. The van der Waals surface area contributed by atoms with Gasteiger partial charge in [-0.15, -0.1) is 0 Å². The maximum absolute atomic E-state index is 14.6. The number of ether oxygens (including phenoxy) is 2. The Morgan fingerprint density at radius 2 is 1.84 bits per heavy atom. The Bertz CT molecular complexity index is 1700. The quantitative estimate of drug-likeness (QED) is 0.178. The summed E-state index contributed by atoms with van der Waals surface area (Å²) in [5, 5.41) is 2.61. The van der Waals surface area contributed by atoms with Gasteiger partial charge in [0.15, 0.2) is 11.6 Å². The molecule has 0 atom stereocenters. The number of aromatic nitrogens is 3. The topological polar surface area (TPSA) is 162 Å². The fourth-order valence-electron chi connectivity index (χ4n) is 3.74. The van der Waals surface area contributed by atoms with E-state index in [1.54, 1.807) is 56.6 Å². The van der Waals surface area contributed by atoms with Crippen molar-refractivity contribution in [1.29, 1.82) is 0 Å². The molecule has 14 heteroatoms. The Hall–Kier alpha value is -5.53. The van der Waals surface area contributed by atoms with Crippen LogP contribution in [0.5, 0.6) is 11.5 Å². The van der Waals surface area contributed by atoms with E-state index in [0.717, 1.165) is 6.07 Å². The van der Waals surface area contributed by atoms with Crippen LogP contribution in [0.15, 0.2) is 71.7 Å². The van der Waals surface area contributed by atoms with Crippen LogP contribution < -0.4 is 21.3 Å². The molecule has 0 aliphatic heterocycles. The Labute approximate surface area is 251 Å². The largest absolute Gasteiger partial charge is 0.453 e. The highest BCUT2D eigenvalue weighted by atomic mass is 19.2. The number of nitrogens with zero attached hydrogens (tertiary/aromatic N) is 3. The number of carbonyl (C=O) groups excluding carboxylic acids is 3. The third-order valence-electron chi connectivity index (χ3n) is 5.93. The lowest BCUT2D eigenvalue weighted by molar-refractivity contribution is -0.123. The first-order valence-electron chi connectivity index (χ1n) is 13.3. The van der Waals surface area contributed by atoms with Crippen LogP contribution in [0.1, 0.15) is 25.1 Å². The first-order valence-corrected chi connectivity index (χ1v) is 13.3. The zero-order valence-electron chi connectivity index (χ0n) is 24.3. The number of H-pyrrole nitrogens is 1. The van der Waals surface area contributed by atoms with E-state index in [9.17, 15) is 28.0 Å². The number of benzene rings is 2. The second-order valence-electron chi connectivity index (χ2n) is 9.45. The highest BCUT2D eigenvalue weighted by Gasteiger charge is 2.20. The van der Waals surface area contributed by atoms with Crippen LogP contribution in [0.2, 0.25) is 0 Å². The number of likely N-dealkylation sites (N-methyl/N-ethyl adjacent to an activating group) is 1. The molecule has 2 heterocycles. The van der Waals surface area contributed by atoms with Gasteiger partial charge in [0, 0.05) is 32.8 Å². The molecule has 4 N–H and O–H groups in total. The zero-order chi connectivity index (χ0) is 32.2. The number of nitrogens with one attached hydrogen (secondary N) is 2. The number of methoxy groups -OCH3 is 1. The van der Waals surface area contributed by atoms with Crippen LogP contribution in [0.25, 0.3) is 11.0 Å². The summed E-state index contributed by atoms with van der Waals surface area (Å²) >= 11 is 0. The lowest BCUT2D eigenvalue weighted by Crippen LogP contribution is -2.26. The maximum atomic E-state index is 14.6. The predicted molar refractivity (Wildman–Crippen MR) is 159 cm³/mol. The third-order valence-corrected chi connectivity index (χ3v) is 5.93. The number of imidazole rings is 1.